The summed E-state index contributed by atoms with van der Waals surface area (Å²) >= 11 is 0. The second-order valence-electron chi connectivity index (χ2n) is 5.46. The van der Waals surface area contributed by atoms with Crippen LogP contribution < -0.4 is 10.0 Å². The maximum Gasteiger partial charge on any atom is 0.264 e. The monoisotopic (exact) mass is 334 g/mol. The van der Waals surface area contributed by atoms with E-state index in [4.69, 9.17) is 0 Å². The van der Waals surface area contributed by atoms with Gasteiger partial charge in [-0.05, 0) is 54.8 Å². The molecular weight excluding hydrogens is 319 g/mol. The van der Waals surface area contributed by atoms with E-state index in [1.165, 1.54) is 18.2 Å². The van der Waals surface area contributed by atoms with Crippen molar-refractivity contribution >= 4 is 27.3 Å². The zero-order valence-electron chi connectivity index (χ0n) is 12.4. The van der Waals surface area contributed by atoms with Gasteiger partial charge < -0.3 is 5.32 Å². The molecule has 1 heterocycles. The zero-order valence-corrected chi connectivity index (χ0v) is 13.2. The third-order valence-electron chi connectivity index (χ3n) is 3.63. The summed E-state index contributed by atoms with van der Waals surface area (Å²) in [5.41, 5.74) is 2.49. The first-order valence-electron chi connectivity index (χ1n) is 7.07. The van der Waals surface area contributed by atoms with Crippen LogP contribution in [0.5, 0.6) is 0 Å². The highest BCUT2D eigenvalue weighted by atomic mass is 32.2. The summed E-state index contributed by atoms with van der Waals surface area (Å²) in [6.07, 6.45) is 0.894. The second-order valence-corrected chi connectivity index (χ2v) is 7.11. The van der Waals surface area contributed by atoms with Gasteiger partial charge in [0.15, 0.2) is 0 Å². The molecule has 0 aromatic heterocycles. The molecule has 2 N–H and O–H groups in total. The van der Waals surface area contributed by atoms with Gasteiger partial charge in [-0.2, -0.15) is 0 Å². The van der Waals surface area contributed by atoms with Gasteiger partial charge in [0.05, 0.1) is 0 Å². The molecule has 5 nitrogen and oxygen atoms in total. The highest BCUT2D eigenvalue weighted by Crippen LogP contribution is 2.27. The van der Waals surface area contributed by atoms with Crippen molar-refractivity contribution in [1.29, 1.82) is 0 Å². The Hall–Kier alpha value is -2.41. The Morgan fingerprint density at radius 2 is 1.91 bits per heavy atom. The van der Waals surface area contributed by atoms with E-state index in [1.807, 2.05) is 0 Å². The Bertz CT molecular complexity index is 894. The molecule has 0 unspecified atom stereocenters. The second kappa shape index (κ2) is 5.66. The molecule has 1 aliphatic heterocycles. The largest absolute Gasteiger partial charge is 0.326 e. The molecule has 2 aromatic rings. The fourth-order valence-corrected chi connectivity index (χ4v) is 3.59. The lowest BCUT2D eigenvalue weighted by Gasteiger charge is -2.18. The quantitative estimate of drug-likeness (QED) is 0.906. The van der Waals surface area contributed by atoms with Crippen LogP contribution in [0.4, 0.5) is 15.8 Å². The van der Waals surface area contributed by atoms with Crippen molar-refractivity contribution in [2.75, 3.05) is 10.0 Å². The lowest BCUT2D eigenvalue weighted by atomic mass is 10.0. The molecule has 0 bridgehead atoms. The minimum Gasteiger partial charge on any atom is -0.326 e. The van der Waals surface area contributed by atoms with E-state index in [0.29, 0.717) is 29.8 Å². The zero-order chi connectivity index (χ0) is 16.6. The van der Waals surface area contributed by atoms with Crippen LogP contribution in [-0.2, 0) is 21.2 Å². The van der Waals surface area contributed by atoms with E-state index in [2.05, 4.69) is 10.0 Å². The van der Waals surface area contributed by atoms with Crippen molar-refractivity contribution in [3.05, 3.63) is 53.3 Å². The summed E-state index contributed by atoms with van der Waals surface area (Å²) in [5, 5.41) is 2.72. The topological polar surface area (TPSA) is 75.3 Å². The van der Waals surface area contributed by atoms with Crippen molar-refractivity contribution in [3.63, 3.8) is 0 Å². The summed E-state index contributed by atoms with van der Waals surface area (Å²) in [5.74, 6) is -0.852. The van der Waals surface area contributed by atoms with E-state index in [9.17, 15) is 17.6 Å². The van der Waals surface area contributed by atoms with Crippen molar-refractivity contribution in [2.24, 2.45) is 0 Å². The van der Waals surface area contributed by atoms with Gasteiger partial charge in [0, 0.05) is 17.8 Å². The summed E-state index contributed by atoms with van der Waals surface area (Å²) in [4.78, 5) is 10.9. The number of amides is 1. The van der Waals surface area contributed by atoms with E-state index >= 15 is 0 Å². The Morgan fingerprint density at radius 3 is 2.65 bits per heavy atom. The van der Waals surface area contributed by atoms with Crippen LogP contribution >= 0.6 is 0 Å². The number of fused-ring (bicyclic) bond motifs is 1. The molecule has 0 fully saturated rings. The van der Waals surface area contributed by atoms with Crippen molar-refractivity contribution in [2.45, 2.75) is 24.7 Å². The number of aryl methyl sites for hydroxylation is 2. The highest BCUT2D eigenvalue weighted by molar-refractivity contribution is 7.92. The van der Waals surface area contributed by atoms with E-state index < -0.39 is 20.7 Å². The summed E-state index contributed by atoms with van der Waals surface area (Å²) in [7, 11) is -4.01. The van der Waals surface area contributed by atoms with Gasteiger partial charge in [0.25, 0.3) is 10.0 Å². The number of hydrogen-bond donors (Lipinski definition) is 2. The minimum absolute atomic E-state index is 0.0624. The van der Waals surface area contributed by atoms with Crippen LogP contribution in [0, 0.1) is 12.7 Å². The van der Waals surface area contributed by atoms with Gasteiger partial charge in [-0.15, -0.1) is 0 Å². The number of hydrogen-bond acceptors (Lipinski definition) is 3. The summed E-state index contributed by atoms with van der Waals surface area (Å²) < 4.78 is 40.9. The Kier molecular flexibility index (Phi) is 3.81. The number of carbonyl (C=O) groups excluding carboxylic acids is 1. The van der Waals surface area contributed by atoms with Crippen LogP contribution in [0.3, 0.4) is 0 Å². The maximum atomic E-state index is 13.9. The smallest absolute Gasteiger partial charge is 0.264 e. The standard InChI is InChI=1S/C16H15FN2O3S/c1-10-2-6-15(13(17)8-10)23(21,22)19-12-4-5-14-11(9-12)3-7-16(20)18-14/h2,4-6,8-9,19H,3,7H2,1H3,(H,18,20). The van der Waals surface area contributed by atoms with Gasteiger partial charge >= 0.3 is 0 Å². The fourth-order valence-electron chi connectivity index (χ4n) is 2.48. The molecule has 0 saturated heterocycles. The predicted octanol–water partition coefficient (Wildman–Crippen LogP) is 2.82. The Balaban J connectivity index is 1.90. The molecule has 2 aromatic carbocycles. The van der Waals surface area contributed by atoms with Crippen LogP contribution in [-0.4, -0.2) is 14.3 Å². The predicted molar refractivity (Wildman–Crippen MR) is 85.3 cm³/mol. The number of carbonyl (C=O) groups is 1. The number of halogens is 1. The average Bonchev–Trinajstić information content (AvgIpc) is 2.46. The molecule has 7 heteroatoms. The molecule has 120 valence electrons. The van der Waals surface area contributed by atoms with Gasteiger partial charge in [-0.3, -0.25) is 9.52 Å². The molecule has 0 atom stereocenters. The molecular formula is C16H15FN2O3S. The molecule has 0 saturated carbocycles. The molecule has 0 spiro atoms. The van der Waals surface area contributed by atoms with Crippen molar-refractivity contribution in [3.8, 4) is 0 Å². The molecule has 1 amide bonds. The Morgan fingerprint density at radius 1 is 1.13 bits per heavy atom. The van der Waals surface area contributed by atoms with Crippen molar-refractivity contribution in [1.82, 2.24) is 0 Å². The molecule has 1 aliphatic rings. The lowest BCUT2D eigenvalue weighted by Crippen LogP contribution is -2.19. The molecule has 3 rings (SSSR count). The van der Waals surface area contributed by atoms with Gasteiger partial charge in [-0.1, -0.05) is 6.07 Å². The normalized spacial score (nSPS) is 14.1. The highest BCUT2D eigenvalue weighted by Gasteiger charge is 2.20. The number of anilines is 2. The minimum atomic E-state index is -4.01. The lowest BCUT2D eigenvalue weighted by molar-refractivity contribution is -0.116. The van der Waals surface area contributed by atoms with E-state index in [0.717, 1.165) is 5.56 Å². The molecule has 0 radical (unpaired) electrons. The SMILES string of the molecule is Cc1ccc(S(=O)(=O)Nc2ccc3c(c2)CCC(=O)N3)c(F)c1. The number of benzene rings is 2. The maximum absolute atomic E-state index is 13.9. The number of rotatable bonds is 3. The Labute approximate surface area is 133 Å². The first kappa shape index (κ1) is 15.5. The first-order valence-corrected chi connectivity index (χ1v) is 8.55. The van der Waals surface area contributed by atoms with E-state index in [1.54, 1.807) is 25.1 Å². The van der Waals surface area contributed by atoms with Crippen LogP contribution in [0.1, 0.15) is 17.5 Å². The third kappa shape index (κ3) is 3.19. The van der Waals surface area contributed by atoms with Crippen LogP contribution in [0.15, 0.2) is 41.3 Å². The van der Waals surface area contributed by atoms with Crippen LogP contribution in [0.25, 0.3) is 0 Å². The first-order chi connectivity index (χ1) is 10.8. The molecule has 23 heavy (non-hydrogen) atoms. The number of sulfonamides is 1. The van der Waals surface area contributed by atoms with Gasteiger partial charge in [-0.25, -0.2) is 12.8 Å². The van der Waals surface area contributed by atoms with E-state index in [-0.39, 0.29) is 5.91 Å². The van der Waals surface area contributed by atoms with Gasteiger partial charge in [0.2, 0.25) is 5.91 Å². The average molecular weight is 334 g/mol. The summed E-state index contributed by atoms with van der Waals surface area (Å²) in [6.45, 7) is 1.69. The van der Waals surface area contributed by atoms with Crippen LogP contribution in [0.2, 0.25) is 0 Å². The molecule has 0 aliphatic carbocycles. The summed E-state index contributed by atoms with van der Waals surface area (Å²) in [6, 6.07) is 8.78. The fraction of sp³-hybridized carbons (Fsp3) is 0.188. The van der Waals surface area contributed by atoms with Gasteiger partial charge in [0.1, 0.15) is 10.7 Å². The van der Waals surface area contributed by atoms with Crippen molar-refractivity contribution < 1.29 is 17.6 Å². The number of nitrogens with one attached hydrogen (secondary N) is 2. The third-order valence-corrected chi connectivity index (χ3v) is 5.04.